The van der Waals surface area contributed by atoms with Gasteiger partial charge in [0.15, 0.2) is 0 Å². The van der Waals surface area contributed by atoms with Gasteiger partial charge in [0, 0.05) is 17.7 Å². The summed E-state index contributed by atoms with van der Waals surface area (Å²) in [4.78, 5) is 15.2. The largest absolute Gasteiger partial charge is 0.457 e. The van der Waals surface area contributed by atoms with Crippen molar-refractivity contribution in [1.29, 1.82) is 0 Å². The Bertz CT molecular complexity index is 934. The van der Waals surface area contributed by atoms with Crippen molar-refractivity contribution >= 4 is 51.9 Å². The number of carbonyl (C=O) groups is 1. The number of thiocarbonyl (C=S) groups is 1. The number of thioether (sulfide) groups is 1. The molecular weight excluding hydrogens is 405 g/mol. The molecule has 1 aromatic heterocycles. The zero-order valence-corrected chi connectivity index (χ0v) is 16.8. The molecule has 4 rings (SSSR count). The van der Waals surface area contributed by atoms with E-state index in [1.54, 1.807) is 29.2 Å². The van der Waals surface area contributed by atoms with Gasteiger partial charge in [-0.3, -0.25) is 9.69 Å². The molecule has 0 N–H and O–H groups in total. The van der Waals surface area contributed by atoms with Crippen LogP contribution in [0.25, 0.3) is 17.4 Å². The lowest BCUT2D eigenvalue weighted by molar-refractivity contribution is -0.124. The number of nitrogens with zero attached hydrogens (tertiary/aromatic N) is 1. The van der Waals surface area contributed by atoms with Gasteiger partial charge in [-0.05, 0) is 43.2 Å². The lowest BCUT2D eigenvalue weighted by Crippen LogP contribution is -2.39. The van der Waals surface area contributed by atoms with Gasteiger partial charge in [0.1, 0.15) is 21.7 Å². The van der Waals surface area contributed by atoms with E-state index in [0.29, 0.717) is 26.3 Å². The van der Waals surface area contributed by atoms with Gasteiger partial charge >= 0.3 is 0 Å². The molecule has 27 heavy (non-hydrogen) atoms. The number of carbonyl (C=O) groups excluding carboxylic acids is 1. The van der Waals surface area contributed by atoms with E-state index in [0.717, 1.165) is 25.7 Å². The molecule has 0 bridgehead atoms. The predicted molar refractivity (Wildman–Crippen MR) is 111 cm³/mol. The van der Waals surface area contributed by atoms with Crippen molar-refractivity contribution in [1.82, 2.24) is 4.90 Å². The fourth-order valence-corrected chi connectivity index (χ4v) is 5.06. The third kappa shape index (κ3) is 3.84. The molecule has 2 heterocycles. The number of benzene rings is 1. The van der Waals surface area contributed by atoms with Crippen molar-refractivity contribution in [3.05, 3.63) is 51.8 Å². The summed E-state index contributed by atoms with van der Waals surface area (Å²) in [7, 11) is 0. The molecular formula is C20H17ClFNO2S2. The van der Waals surface area contributed by atoms with Crippen LogP contribution >= 0.6 is 35.6 Å². The number of hydrogen-bond donors (Lipinski definition) is 0. The van der Waals surface area contributed by atoms with Crippen molar-refractivity contribution in [2.45, 2.75) is 38.1 Å². The summed E-state index contributed by atoms with van der Waals surface area (Å²) in [6, 6.07) is 8.19. The van der Waals surface area contributed by atoms with Crippen LogP contribution in [0.1, 0.15) is 37.9 Å². The number of amides is 1. The molecule has 7 heteroatoms. The monoisotopic (exact) mass is 421 g/mol. The topological polar surface area (TPSA) is 33.5 Å². The van der Waals surface area contributed by atoms with Crippen molar-refractivity contribution in [2.75, 3.05) is 0 Å². The van der Waals surface area contributed by atoms with Gasteiger partial charge in [0.2, 0.25) is 0 Å². The maximum absolute atomic E-state index is 13.3. The zero-order chi connectivity index (χ0) is 19.0. The van der Waals surface area contributed by atoms with Crippen LogP contribution in [-0.2, 0) is 4.79 Å². The lowest BCUT2D eigenvalue weighted by atomic mass is 9.94. The standard InChI is InChI=1S/C20H17ClFNO2S2/c21-15-10-12(6-8-16(15)22)17-9-7-14(25-17)11-18-19(24)23(20(26)27-18)13-4-2-1-3-5-13/h6-11,13H,1-5H2. The minimum Gasteiger partial charge on any atom is -0.457 e. The van der Waals surface area contributed by atoms with E-state index in [9.17, 15) is 9.18 Å². The number of hydrogen-bond acceptors (Lipinski definition) is 4. The molecule has 0 spiro atoms. The molecule has 0 unspecified atom stereocenters. The Morgan fingerprint density at radius 2 is 2.00 bits per heavy atom. The van der Waals surface area contributed by atoms with Crippen LogP contribution in [0.4, 0.5) is 4.39 Å². The van der Waals surface area contributed by atoms with Gasteiger partial charge in [-0.15, -0.1) is 0 Å². The molecule has 1 aliphatic carbocycles. The van der Waals surface area contributed by atoms with E-state index in [1.807, 2.05) is 0 Å². The van der Waals surface area contributed by atoms with E-state index in [1.165, 1.54) is 30.3 Å². The molecule has 2 fully saturated rings. The summed E-state index contributed by atoms with van der Waals surface area (Å²) < 4.78 is 19.8. The second-order valence-corrected chi connectivity index (χ2v) is 8.76. The Labute approximate surface area is 171 Å². The molecule has 0 radical (unpaired) electrons. The lowest BCUT2D eigenvalue weighted by Gasteiger charge is -2.29. The van der Waals surface area contributed by atoms with Crippen LogP contribution in [0.15, 0.2) is 39.7 Å². The SMILES string of the molecule is O=C1C(=Cc2ccc(-c3ccc(F)c(Cl)c3)o2)SC(=S)N1C1CCCCC1. The highest BCUT2D eigenvalue weighted by molar-refractivity contribution is 8.26. The number of furan rings is 1. The molecule has 1 aliphatic heterocycles. The Kier molecular flexibility index (Phi) is 5.39. The summed E-state index contributed by atoms with van der Waals surface area (Å²) in [6.45, 7) is 0. The number of halogens is 2. The maximum atomic E-state index is 13.3. The normalized spacial score (nSPS) is 20.1. The summed E-state index contributed by atoms with van der Waals surface area (Å²) in [5, 5.41) is 0.0406. The van der Waals surface area contributed by atoms with Crippen molar-refractivity contribution in [3.63, 3.8) is 0 Å². The van der Waals surface area contributed by atoms with E-state index in [-0.39, 0.29) is 17.0 Å². The molecule has 1 aromatic carbocycles. The zero-order valence-electron chi connectivity index (χ0n) is 14.4. The highest BCUT2D eigenvalue weighted by atomic mass is 35.5. The number of rotatable bonds is 3. The Hall–Kier alpha value is -1.63. The minimum atomic E-state index is -0.474. The third-order valence-corrected chi connectivity index (χ3v) is 6.49. The van der Waals surface area contributed by atoms with Crippen LogP contribution in [0, 0.1) is 5.82 Å². The minimum absolute atomic E-state index is 0.0406. The van der Waals surface area contributed by atoms with Crippen molar-refractivity contribution in [2.24, 2.45) is 0 Å². The quantitative estimate of drug-likeness (QED) is 0.431. The second kappa shape index (κ2) is 7.78. The van der Waals surface area contributed by atoms with Gasteiger partial charge in [-0.25, -0.2) is 4.39 Å². The molecule has 3 nitrogen and oxygen atoms in total. The van der Waals surface area contributed by atoms with Crippen LogP contribution < -0.4 is 0 Å². The highest BCUT2D eigenvalue weighted by Crippen LogP contribution is 2.38. The Balaban J connectivity index is 1.55. The molecule has 2 aromatic rings. The molecule has 1 amide bonds. The van der Waals surface area contributed by atoms with Crippen molar-refractivity contribution < 1.29 is 13.6 Å². The first kappa shape index (κ1) is 18.7. The highest BCUT2D eigenvalue weighted by Gasteiger charge is 2.37. The van der Waals surface area contributed by atoms with E-state index in [4.69, 9.17) is 28.2 Å². The predicted octanol–water partition coefficient (Wildman–Crippen LogP) is 6.27. The Morgan fingerprint density at radius 1 is 1.22 bits per heavy atom. The third-order valence-electron chi connectivity index (χ3n) is 4.87. The van der Waals surface area contributed by atoms with Gasteiger partial charge in [-0.2, -0.15) is 0 Å². The van der Waals surface area contributed by atoms with Gasteiger partial charge in [0.25, 0.3) is 5.91 Å². The molecule has 1 saturated carbocycles. The average Bonchev–Trinajstić information content (AvgIpc) is 3.23. The summed E-state index contributed by atoms with van der Waals surface area (Å²) in [5.41, 5.74) is 0.677. The first-order valence-corrected chi connectivity index (χ1v) is 10.5. The van der Waals surface area contributed by atoms with Crippen LogP contribution in [-0.4, -0.2) is 21.2 Å². The van der Waals surface area contributed by atoms with Gasteiger partial charge in [-0.1, -0.05) is 54.8 Å². The Morgan fingerprint density at radius 3 is 2.74 bits per heavy atom. The summed E-state index contributed by atoms with van der Waals surface area (Å²) in [6.07, 6.45) is 7.25. The van der Waals surface area contributed by atoms with E-state index < -0.39 is 5.82 Å². The van der Waals surface area contributed by atoms with E-state index >= 15 is 0 Å². The average molecular weight is 422 g/mol. The summed E-state index contributed by atoms with van der Waals surface area (Å²) in [5.74, 6) is 0.596. The first-order valence-electron chi connectivity index (χ1n) is 8.85. The van der Waals surface area contributed by atoms with Crippen LogP contribution in [0.2, 0.25) is 5.02 Å². The molecule has 140 valence electrons. The molecule has 1 saturated heterocycles. The van der Waals surface area contributed by atoms with Crippen LogP contribution in [0.3, 0.4) is 0 Å². The maximum Gasteiger partial charge on any atom is 0.266 e. The van der Waals surface area contributed by atoms with Crippen molar-refractivity contribution in [3.8, 4) is 11.3 Å². The first-order chi connectivity index (χ1) is 13.0. The van der Waals surface area contributed by atoms with Crippen LogP contribution in [0.5, 0.6) is 0 Å². The second-order valence-electron chi connectivity index (χ2n) is 6.67. The van der Waals surface area contributed by atoms with Gasteiger partial charge in [0.05, 0.1) is 9.93 Å². The fourth-order valence-electron chi connectivity index (χ4n) is 3.50. The van der Waals surface area contributed by atoms with Gasteiger partial charge < -0.3 is 4.42 Å². The molecule has 2 aliphatic rings. The fraction of sp³-hybridized carbons (Fsp3) is 0.300. The smallest absolute Gasteiger partial charge is 0.266 e. The molecule has 0 atom stereocenters. The van der Waals surface area contributed by atoms with E-state index in [2.05, 4.69) is 0 Å². The summed E-state index contributed by atoms with van der Waals surface area (Å²) >= 11 is 12.6.